The van der Waals surface area contributed by atoms with Crippen molar-refractivity contribution in [1.82, 2.24) is 25.2 Å². The molecule has 2 aromatic heterocycles. The molecule has 0 aliphatic carbocycles. The molecule has 4 rings (SSSR count). The maximum absolute atomic E-state index is 12.5. The van der Waals surface area contributed by atoms with Crippen LogP contribution in [0.2, 0.25) is 0 Å². The number of aromatic nitrogens is 3. The van der Waals surface area contributed by atoms with E-state index in [0.717, 1.165) is 60.9 Å². The number of hydrogen-bond donors (Lipinski definition) is 1. The predicted octanol–water partition coefficient (Wildman–Crippen LogP) is 3.10. The summed E-state index contributed by atoms with van der Waals surface area (Å²) in [5.41, 5.74) is 4.63. The van der Waals surface area contributed by atoms with E-state index in [-0.39, 0.29) is 11.8 Å². The van der Waals surface area contributed by atoms with Gasteiger partial charge in [-0.2, -0.15) is 0 Å². The van der Waals surface area contributed by atoms with Crippen LogP contribution in [0.15, 0.2) is 54.9 Å². The fourth-order valence-electron chi connectivity index (χ4n) is 3.80. The maximum Gasteiger partial charge on any atom is 0.224 e. The van der Waals surface area contributed by atoms with Crippen LogP contribution in [0.4, 0.5) is 0 Å². The molecule has 3 heterocycles. The Bertz CT molecular complexity index is 1030. The molecule has 7 nitrogen and oxygen atoms in total. The minimum Gasteiger partial charge on any atom is -0.379 e. The van der Waals surface area contributed by atoms with Gasteiger partial charge in [0.1, 0.15) is 5.82 Å². The van der Waals surface area contributed by atoms with Crippen molar-refractivity contribution in [1.29, 1.82) is 0 Å². The SMILES string of the molecule is Cc1ncc(-c2ccccn2)c(-c2ccc(CNC(=O)C(C)CN3CCOCC3)cc2)n1. The number of carbonyl (C=O) groups is 1. The van der Waals surface area contributed by atoms with E-state index in [4.69, 9.17) is 4.74 Å². The lowest BCUT2D eigenvalue weighted by Crippen LogP contribution is -2.42. The van der Waals surface area contributed by atoms with Crippen molar-refractivity contribution >= 4 is 5.91 Å². The molecule has 1 amide bonds. The highest BCUT2D eigenvalue weighted by atomic mass is 16.5. The van der Waals surface area contributed by atoms with Crippen molar-refractivity contribution in [2.24, 2.45) is 5.92 Å². The van der Waals surface area contributed by atoms with Gasteiger partial charge < -0.3 is 10.1 Å². The number of carbonyl (C=O) groups excluding carboxylic acids is 1. The predicted molar refractivity (Wildman–Crippen MR) is 124 cm³/mol. The summed E-state index contributed by atoms with van der Waals surface area (Å²) in [4.78, 5) is 28.3. The molecule has 1 saturated heterocycles. The standard InChI is InChI=1S/C25H29N5O2/c1-18(17-30-11-13-32-14-12-30)25(31)28-15-20-6-8-21(9-7-20)24-22(16-27-19(2)29-24)23-5-3-4-10-26-23/h3-10,16,18H,11-15,17H2,1-2H3,(H,28,31). The Morgan fingerprint density at radius 2 is 1.91 bits per heavy atom. The third kappa shape index (κ3) is 5.55. The molecule has 3 aromatic rings. The molecule has 0 spiro atoms. The summed E-state index contributed by atoms with van der Waals surface area (Å²) in [7, 11) is 0. The topological polar surface area (TPSA) is 80.2 Å². The van der Waals surface area contributed by atoms with Crippen LogP contribution in [-0.2, 0) is 16.1 Å². The lowest BCUT2D eigenvalue weighted by atomic mass is 10.0. The lowest BCUT2D eigenvalue weighted by Gasteiger charge is -2.28. The molecule has 1 N–H and O–H groups in total. The van der Waals surface area contributed by atoms with Crippen LogP contribution in [0, 0.1) is 12.8 Å². The summed E-state index contributed by atoms with van der Waals surface area (Å²) in [6.07, 6.45) is 3.59. The minimum atomic E-state index is -0.0581. The third-order valence-corrected chi connectivity index (χ3v) is 5.63. The van der Waals surface area contributed by atoms with Crippen LogP contribution in [0.5, 0.6) is 0 Å². The molecule has 32 heavy (non-hydrogen) atoms. The van der Waals surface area contributed by atoms with Gasteiger partial charge in [0.2, 0.25) is 5.91 Å². The normalized spacial score (nSPS) is 15.3. The highest BCUT2D eigenvalue weighted by molar-refractivity contribution is 5.79. The van der Waals surface area contributed by atoms with Crippen LogP contribution < -0.4 is 5.32 Å². The fraction of sp³-hybridized carbons (Fsp3) is 0.360. The monoisotopic (exact) mass is 431 g/mol. The summed E-state index contributed by atoms with van der Waals surface area (Å²) < 4.78 is 5.37. The van der Waals surface area contributed by atoms with Crippen LogP contribution in [-0.4, -0.2) is 58.6 Å². The Morgan fingerprint density at radius 3 is 2.62 bits per heavy atom. The summed E-state index contributed by atoms with van der Waals surface area (Å²) >= 11 is 0. The first-order valence-corrected chi connectivity index (χ1v) is 11.0. The summed E-state index contributed by atoms with van der Waals surface area (Å²) in [6.45, 7) is 8.39. The molecule has 1 aliphatic rings. The van der Waals surface area contributed by atoms with Crippen molar-refractivity contribution in [3.8, 4) is 22.5 Å². The molecule has 1 aliphatic heterocycles. The highest BCUT2D eigenvalue weighted by Crippen LogP contribution is 2.28. The Hall–Kier alpha value is -3.16. The average Bonchev–Trinajstić information content (AvgIpc) is 2.84. The minimum absolute atomic E-state index is 0.0581. The Labute approximate surface area is 188 Å². The molecule has 0 radical (unpaired) electrons. The summed E-state index contributed by atoms with van der Waals surface area (Å²) in [5, 5.41) is 3.06. The van der Waals surface area contributed by atoms with Gasteiger partial charge in [-0.25, -0.2) is 9.97 Å². The number of hydrogen-bond acceptors (Lipinski definition) is 6. The van der Waals surface area contributed by atoms with Gasteiger partial charge in [-0.3, -0.25) is 14.7 Å². The van der Waals surface area contributed by atoms with Gasteiger partial charge >= 0.3 is 0 Å². The first-order valence-electron chi connectivity index (χ1n) is 11.0. The van der Waals surface area contributed by atoms with E-state index in [1.165, 1.54) is 0 Å². The van der Waals surface area contributed by atoms with Crippen molar-refractivity contribution in [3.05, 3.63) is 66.2 Å². The zero-order valence-electron chi connectivity index (χ0n) is 18.6. The molecule has 0 saturated carbocycles. The number of nitrogens with one attached hydrogen (secondary N) is 1. The van der Waals surface area contributed by atoms with E-state index in [0.29, 0.717) is 12.4 Å². The quantitative estimate of drug-likeness (QED) is 0.619. The molecule has 7 heteroatoms. The second-order valence-corrected chi connectivity index (χ2v) is 8.12. The van der Waals surface area contributed by atoms with E-state index in [2.05, 4.69) is 25.2 Å². The van der Waals surface area contributed by atoms with Crippen LogP contribution >= 0.6 is 0 Å². The van der Waals surface area contributed by atoms with Gasteiger partial charge in [0, 0.05) is 55.6 Å². The van der Waals surface area contributed by atoms with Gasteiger partial charge in [0.05, 0.1) is 24.6 Å². The van der Waals surface area contributed by atoms with Gasteiger partial charge in [-0.15, -0.1) is 0 Å². The average molecular weight is 432 g/mol. The fourth-order valence-corrected chi connectivity index (χ4v) is 3.80. The molecule has 1 atom stereocenters. The van der Waals surface area contributed by atoms with E-state index >= 15 is 0 Å². The number of morpholine rings is 1. The molecule has 0 bridgehead atoms. The van der Waals surface area contributed by atoms with Crippen LogP contribution in [0.3, 0.4) is 0 Å². The van der Waals surface area contributed by atoms with E-state index in [9.17, 15) is 4.79 Å². The molecule has 1 unspecified atom stereocenters. The van der Waals surface area contributed by atoms with E-state index in [1.54, 1.807) is 6.20 Å². The van der Waals surface area contributed by atoms with Gasteiger partial charge in [0.25, 0.3) is 0 Å². The molecular weight excluding hydrogens is 402 g/mol. The number of pyridine rings is 1. The van der Waals surface area contributed by atoms with Crippen LogP contribution in [0.1, 0.15) is 18.3 Å². The number of amides is 1. The Kier molecular flexibility index (Phi) is 7.19. The molecule has 1 aromatic carbocycles. The van der Waals surface area contributed by atoms with Crippen molar-refractivity contribution in [3.63, 3.8) is 0 Å². The highest BCUT2D eigenvalue weighted by Gasteiger charge is 2.19. The smallest absolute Gasteiger partial charge is 0.224 e. The third-order valence-electron chi connectivity index (χ3n) is 5.63. The van der Waals surface area contributed by atoms with Crippen molar-refractivity contribution < 1.29 is 9.53 Å². The number of rotatable bonds is 7. The van der Waals surface area contributed by atoms with Gasteiger partial charge in [0.15, 0.2) is 0 Å². The number of nitrogens with zero attached hydrogens (tertiary/aromatic N) is 4. The van der Waals surface area contributed by atoms with E-state index < -0.39 is 0 Å². The maximum atomic E-state index is 12.5. The number of ether oxygens (including phenoxy) is 1. The van der Waals surface area contributed by atoms with Crippen molar-refractivity contribution in [2.45, 2.75) is 20.4 Å². The number of aryl methyl sites for hydroxylation is 1. The zero-order chi connectivity index (χ0) is 22.3. The van der Waals surface area contributed by atoms with E-state index in [1.807, 2.05) is 62.5 Å². The van der Waals surface area contributed by atoms with Gasteiger partial charge in [-0.1, -0.05) is 37.3 Å². The second kappa shape index (κ2) is 10.4. The summed E-state index contributed by atoms with van der Waals surface area (Å²) in [6, 6.07) is 13.9. The first-order chi connectivity index (χ1) is 15.6. The van der Waals surface area contributed by atoms with Crippen LogP contribution in [0.25, 0.3) is 22.5 Å². The van der Waals surface area contributed by atoms with Gasteiger partial charge in [-0.05, 0) is 24.6 Å². The molecule has 1 fully saturated rings. The zero-order valence-corrected chi connectivity index (χ0v) is 18.6. The summed E-state index contributed by atoms with van der Waals surface area (Å²) in [5.74, 6) is 0.729. The lowest BCUT2D eigenvalue weighted by molar-refractivity contribution is -0.125. The second-order valence-electron chi connectivity index (χ2n) is 8.12. The molecule has 166 valence electrons. The molecular formula is C25H29N5O2. The Morgan fingerprint density at radius 1 is 1.12 bits per heavy atom. The Balaban J connectivity index is 1.40. The first kappa shape index (κ1) is 22.0. The number of benzene rings is 1. The largest absolute Gasteiger partial charge is 0.379 e. The van der Waals surface area contributed by atoms with Crippen molar-refractivity contribution in [2.75, 3.05) is 32.8 Å².